The van der Waals surface area contributed by atoms with Crippen molar-refractivity contribution < 1.29 is 14.3 Å². The van der Waals surface area contributed by atoms with Crippen molar-refractivity contribution in [1.82, 2.24) is 10.2 Å². The molecule has 27 heavy (non-hydrogen) atoms. The Morgan fingerprint density at radius 3 is 2.67 bits per heavy atom. The Bertz CT molecular complexity index is 654. The molecular formula is C21H29ClN2O3. The fourth-order valence-electron chi connectivity index (χ4n) is 4.13. The van der Waals surface area contributed by atoms with Gasteiger partial charge in [0.25, 0.3) is 0 Å². The third-order valence-electron chi connectivity index (χ3n) is 5.99. The molecule has 1 saturated heterocycles. The lowest BCUT2D eigenvalue weighted by Gasteiger charge is -2.34. The number of nitrogens with zero attached hydrogens (tertiary/aromatic N) is 1. The number of nitrogens with one attached hydrogen (secondary N) is 1. The molecule has 0 radical (unpaired) electrons. The minimum absolute atomic E-state index is 0.0939. The van der Waals surface area contributed by atoms with Crippen molar-refractivity contribution in [2.75, 3.05) is 19.7 Å². The molecule has 5 nitrogen and oxygen atoms in total. The van der Waals surface area contributed by atoms with Crippen LogP contribution in [0.3, 0.4) is 0 Å². The standard InChI is InChI=1S/C21H29ClN2O3/c1-16-7-9-21(10-8-16)11-13-24(19(21)25)12-2-14-27-20(26)23-15-17-3-5-18(22)6-4-17/h3-6,16H,2,7-15H2,1H3,(H,23,26). The predicted molar refractivity (Wildman–Crippen MR) is 106 cm³/mol. The van der Waals surface area contributed by atoms with Gasteiger partial charge in [0.15, 0.2) is 0 Å². The maximum absolute atomic E-state index is 12.8. The van der Waals surface area contributed by atoms with E-state index in [-0.39, 0.29) is 5.41 Å². The van der Waals surface area contributed by atoms with Crippen molar-refractivity contribution in [3.05, 3.63) is 34.9 Å². The van der Waals surface area contributed by atoms with Crippen LogP contribution in [0, 0.1) is 11.3 Å². The topological polar surface area (TPSA) is 58.6 Å². The number of halogens is 1. The molecule has 0 unspecified atom stereocenters. The van der Waals surface area contributed by atoms with Crippen LogP contribution >= 0.6 is 11.6 Å². The molecule has 1 N–H and O–H groups in total. The molecule has 148 valence electrons. The summed E-state index contributed by atoms with van der Waals surface area (Å²) in [5.74, 6) is 1.07. The lowest BCUT2D eigenvalue weighted by Crippen LogP contribution is -2.37. The molecule has 1 heterocycles. The summed E-state index contributed by atoms with van der Waals surface area (Å²) < 4.78 is 5.22. The van der Waals surface area contributed by atoms with E-state index in [2.05, 4.69) is 12.2 Å². The van der Waals surface area contributed by atoms with E-state index in [1.54, 1.807) is 12.1 Å². The molecule has 2 aliphatic rings. The molecule has 6 heteroatoms. The highest BCUT2D eigenvalue weighted by Gasteiger charge is 2.47. The number of likely N-dealkylation sites (tertiary alicyclic amines) is 1. The normalized spacial score (nSPS) is 25.0. The smallest absolute Gasteiger partial charge is 0.407 e. The van der Waals surface area contributed by atoms with Crippen LogP contribution in [0.2, 0.25) is 5.02 Å². The summed E-state index contributed by atoms with van der Waals surface area (Å²) in [6.45, 7) is 4.51. The number of hydrogen-bond donors (Lipinski definition) is 1. The average Bonchev–Trinajstić information content (AvgIpc) is 2.97. The number of benzene rings is 1. The van der Waals surface area contributed by atoms with E-state index in [4.69, 9.17) is 16.3 Å². The Morgan fingerprint density at radius 2 is 1.96 bits per heavy atom. The summed E-state index contributed by atoms with van der Waals surface area (Å²) in [6.07, 6.45) is 5.62. The van der Waals surface area contributed by atoms with Crippen LogP contribution in [0.25, 0.3) is 0 Å². The highest BCUT2D eigenvalue weighted by molar-refractivity contribution is 6.30. The minimum atomic E-state index is -0.435. The third-order valence-corrected chi connectivity index (χ3v) is 6.24. The largest absolute Gasteiger partial charge is 0.449 e. The summed E-state index contributed by atoms with van der Waals surface area (Å²) in [4.78, 5) is 26.5. The number of ether oxygens (including phenoxy) is 1. The summed E-state index contributed by atoms with van der Waals surface area (Å²) >= 11 is 5.84. The summed E-state index contributed by atoms with van der Waals surface area (Å²) in [5.41, 5.74) is 0.870. The quantitative estimate of drug-likeness (QED) is 0.730. The van der Waals surface area contributed by atoms with Crippen LogP contribution in [-0.4, -0.2) is 36.6 Å². The number of carbonyl (C=O) groups excluding carboxylic acids is 2. The minimum Gasteiger partial charge on any atom is -0.449 e. The van der Waals surface area contributed by atoms with E-state index in [0.717, 1.165) is 50.1 Å². The molecule has 1 saturated carbocycles. The van der Waals surface area contributed by atoms with E-state index >= 15 is 0 Å². The van der Waals surface area contributed by atoms with Crippen LogP contribution in [-0.2, 0) is 16.1 Å². The van der Waals surface area contributed by atoms with E-state index in [0.29, 0.717) is 37.0 Å². The highest BCUT2D eigenvalue weighted by atomic mass is 35.5. The fourth-order valence-corrected chi connectivity index (χ4v) is 4.26. The second-order valence-electron chi connectivity index (χ2n) is 7.97. The van der Waals surface area contributed by atoms with Crippen molar-refractivity contribution in [1.29, 1.82) is 0 Å². The Hall–Kier alpha value is -1.75. The van der Waals surface area contributed by atoms with Crippen molar-refractivity contribution in [2.45, 2.75) is 52.0 Å². The maximum Gasteiger partial charge on any atom is 0.407 e. The van der Waals surface area contributed by atoms with Crippen LogP contribution in [0.4, 0.5) is 4.79 Å². The Labute approximate surface area is 166 Å². The van der Waals surface area contributed by atoms with E-state index in [1.165, 1.54) is 0 Å². The van der Waals surface area contributed by atoms with Gasteiger partial charge >= 0.3 is 6.09 Å². The predicted octanol–water partition coefficient (Wildman–Crippen LogP) is 4.39. The number of rotatable bonds is 6. The van der Waals surface area contributed by atoms with Crippen molar-refractivity contribution in [3.8, 4) is 0 Å². The van der Waals surface area contributed by atoms with Crippen molar-refractivity contribution >= 4 is 23.6 Å². The second kappa shape index (κ2) is 8.96. The van der Waals surface area contributed by atoms with Gasteiger partial charge in [-0.3, -0.25) is 4.79 Å². The second-order valence-corrected chi connectivity index (χ2v) is 8.41. The van der Waals surface area contributed by atoms with Crippen LogP contribution in [0.5, 0.6) is 0 Å². The van der Waals surface area contributed by atoms with Gasteiger partial charge in [0.2, 0.25) is 5.91 Å². The fraction of sp³-hybridized carbons (Fsp3) is 0.619. The van der Waals surface area contributed by atoms with Crippen LogP contribution in [0.15, 0.2) is 24.3 Å². The molecule has 0 aromatic heterocycles. The first kappa shape index (κ1) is 20.0. The molecule has 0 bridgehead atoms. The zero-order valence-corrected chi connectivity index (χ0v) is 16.8. The lowest BCUT2D eigenvalue weighted by atomic mass is 9.70. The summed E-state index contributed by atoms with van der Waals surface area (Å²) in [7, 11) is 0. The van der Waals surface area contributed by atoms with Gasteiger partial charge in [-0.2, -0.15) is 0 Å². The van der Waals surface area contributed by atoms with Gasteiger partial charge in [0, 0.05) is 24.7 Å². The lowest BCUT2D eigenvalue weighted by molar-refractivity contribution is -0.138. The Morgan fingerprint density at radius 1 is 1.26 bits per heavy atom. The van der Waals surface area contributed by atoms with Gasteiger partial charge in [-0.1, -0.05) is 30.7 Å². The van der Waals surface area contributed by atoms with E-state index in [1.807, 2.05) is 17.0 Å². The van der Waals surface area contributed by atoms with Gasteiger partial charge in [0.05, 0.1) is 12.0 Å². The molecule has 0 atom stereocenters. The van der Waals surface area contributed by atoms with E-state index in [9.17, 15) is 9.59 Å². The van der Waals surface area contributed by atoms with E-state index < -0.39 is 6.09 Å². The molecule has 1 aromatic carbocycles. The number of hydrogen-bond acceptors (Lipinski definition) is 3. The zero-order valence-electron chi connectivity index (χ0n) is 16.0. The first-order valence-corrected chi connectivity index (χ1v) is 10.3. The number of carbonyl (C=O) groups is 2. The average molecular weight is 393 g/mol. The Kier molecular flexibility index (Phi) is 6.64. The Balaban J connectivity index is 1.32. The van der Waals surface area contributed by atoms with Gasteiger partial charge in [-0.05, 0) is 62.1 Å². The molecule has 2 amide bonds. The molecule has 1 aliphatic carbocycles. The third kappa shape index (κ3) is 5.16. The van der Waals surface area contributed by atoms with Gasteiger partial charge in [-0.15, -0.1) is 0 Å². The first-order valence-electron chi connectivity index (χ1n) is 9.93. The molecule has 3 rings (SSSR count). The van der Waals surface area contributed by atoms with Gasteiger partial charge in [0.1, 0.15) is 0 Å². The molecule has 1 aromatic rings. The first-order chi connectivity index (χ1) is 13.0. The molecule has 2 fully saturated rings. The van der Waals surface area contributed by atoms with Crippen molar-refractivity contribution in [2.24, 2.45) is 11.3 Å². The monoisotopic (exact) mass is 392 g/mol. The zero-order chi connectivity index (χ0) is 19.3. The highest BCUT2D eigenvalue weighted by Crippen LogP contribution is 2.46. The van der Waals surface area contributed by atoms with Crippen molar-refractivity contribution in [3.63, 3.8) is 0 Å². The molecular weight excluding hydrogens is 364 g/mol. The number of alkyl carbamates (subject to hydrolysis) is 1. The molecule has 1 spiro atoms. The summed E-state index contributed by atoms with van der Waals surface area (Å²) in [6, 6.07) is 7.31. The van der Waals surface area contributed by atoms with Gasteiger partial charge in [-0.25, -0.2) is 4.79 Å². The van der Waals surface area contributed by atoms with Crippen LogP contribution < -0.4 is 5.32 Å². The van der Waals surface area contributed by atoms with Crippen LogP contribution in [0.1, 0.15) is 51.0 Å². The molecule has 1 aliphatic heterocycles. The SMILES string of the molecule is CC1CCC2(CC1)CCN(CCCOC(=O)NCc1ccc(Cl)cc1)C2=O. The van der Waals surface area contributed by atoms with Gasteiger partial charge < -0.3 is 15.0 Å². The summed E-state index contributed by atoms with van der Waals surface area (Å²) in [5, 5.41) is 3.39. The number of amides is 2. The maximum atomic E-state index is 12.8.